The minimum absolute atomic E-state index is 0.0461. The molecule has 0 heterocycles. The van der Waals surface area contributed by atoms with E-state index in [0.29, 0.717) is 5.57 Å². The molecular formula is C31H30O5. The zero-order chi connectivity index (χ0) is 25.5. The van der Waals surface area contributed by atoms with E-state index in [1.807, 2.05) is 67.6 Å². The van der Waals surface area contributed by atoms with Gasteiger partial charge >= 0.3 is 11.9 Å². The molecule has 3 aliphatic carbocycles. The predicted octanol–water partition coefficient (Wildman–Crippen LogP) is 5.58. The number of Topliss-reactive ketones (excluding diaryl/α,β-unsaturated/α-hetero) is 1. The van der Waals surface area contributed by atoms with Gasteiger partial charge in [-0.3, -0.25) is 14.4 Å². The van der Waals surface area contributed by atoms with Crippen molar-refractivity contribution in [1.29, 1.82) is 0 Å². The number of ketones is 1. The Hall–Kier alpha value is -3.73. The lowest BCUT2D eigenvalue weighted by Gasteiger charge is -2.38. The maximum Gasteiger partial charge on any atom is 0.323 e. The Labute approximate surface area is 211 Å². The quantitative estimate of drug-likeness (QED) is 0.397. The van der Waals surface area contributed by atoms with Crippen molar-refractivity contribution >= 4 is 28.9 Å². The van der Waals surface area contributed by atoms with Crippen molar-refractivity contribution in [2.24, 2.45) is 16.7 Å². The van der Waals surface area contributed by atoms with E-state index < -0.39 is 28.7 Å². The van der Waals surface area contributed by atoms with Gasteiger partial charge in [0.1, 0.15) is 0 Å². The maximum absolute atomic E-state index is 13.8. The second kappa shape index (κ2) is 9.05. The molecule has 0 N–H and O–H groups in total. The first-order valence-corrected chi connectivity index (χ1v) is 12.5. The monoisotopic (exact) mass is 482 g/mol. The van der Waals surface area contributed by atoms with Crippen LogP contribution in [0.15, 0.2) is 84.0 Å². The lowest BCUT2D eigenvalue weighted by atomic mass is 9.63. The fourth-order valence-corrected chi connectivity index (χ4v) is 6.29. The number of hydrogen-bond acceptors (Lipinski definition) is 5. The van der Waals surface area contributed by atoms with Crippen LogP contribution in [0, 0.1) is 16.7 Å². The third kappa shape index (κ3) is 3.48. The number of ether oxygens (including phenoxy) is 2. The van der Waals surface area contributed by atoms with Gasteiger partial charge < -0.3 is 9.47 Å². The van der Waals surface area contributed by atoms with Crippen molar-refractivity contribution in [1.82, 2.24) is 0 Å². The first-order valence-electron chi connectivity index (χ1n) is 12.5. The second-order valence-electron chi connectivity index (χ2n) is 9.75. The van der Waals surface area contributed by atoms with Gasteiger partial charge in [-0.05, 0) is 61.5 Å². The Morgan fingerprint density at radius 1 is 0.889 bits per heavy atom. The minimum atomic E-state index is -1.49. The average molecular weight is 483 g/mol. The lowest BCUT2D eigenvalue weighted by molar-refractivity contribution is -0.172. The maximum atomic E-state index is 13.8. The van der Waals surface area contributed by atoms with E-state index in [1.54, 1.807) is 13.8 Å². The Bertz CT molecular complexity index is 1300. The number of carbonyl (C=O) groups is 3. The molecule has 5 heteroatoms. The molecule has 2 aromatic carbocycles. The predicted molar refractivity (Wildman–Crippen MR) is 137 cm³/mol. The first-order chi connectivity index (χ1) is 17.4. The third-order valence-corrected chi connectivity index (χ3v) is 7.82. The summed E-state index contributed by atoms with van der Waals surface area (Å²) < 4.78 is 10.9. The van der Waals surface area contributed by atoms with Gasteiger partial charge in [-0.25, -0.2) is 0 Å². The molecule has 0 bridgehead atoms. The molecule has 0 radical (unpaired) electrons. The molecule has 2 aromatic rings. The van der Waals surface area contributed by atoms with Crippen molar-refractivity contribution in [3.05, 3.63) is 95.1 Å². The van der Waals surface area contributed by atoms with Crippen LogP contribution in [0.4, 0.5) is 0 Å². The van der Waals surface area contributed by atoms with Crippen LogP contribution in [-0.2, 0) is 23.9 Å². The number of carbonyl (C=O) groups excluding carboxylic acids is 3. The molecule has 2 atom stereocenters. The molecule has 2 unspecified atom stereocenters. The number of rotatable bonds is 6. The number of allylic oxidation sites excluding steroid dienone is 6. The Kier molecular flexibility index (Phi) is 6.03. The average Bonchev–Trinajstić information content (AvgIpc) is 3.34. The molecule has 36 heavy (non-hydrogen) atoms. The van der Waals surface area contributed by atoms with E-state index in [2.05, 4.69) is 12.2 Å². The fourth-order valence-electron chi connectivity index (χ4n) is 6.29. The topological polar surface area (TPSA) is 69.7 Å². The van der Waals surface area contributed by atoms with Gasteiger partial charge in [0.25, 0.3) is 0 Å². The smallest absolute Gasteiger partial charge is 0.323 e. The first kappa shape index (κ1) is 24.0. The highest BCUT2D eigenvalue weighted by Crippen LogP contribution is 2.67. The summed E-state index contributed by atoms with van der Waals surface area (Å²) in [5.41, 5.74) is 3.01. The summed E-state index contributed by atoms with van der Waals surface area (Å²) in [4.78, 5) is 40.6. The molecule has 0 aromatic heterocycles. The second-order valence-corrected chi connectivity index (χ2v) is 9.75. The normalized spacial score (nSPS) is 24.0. The summed E-state index contributed by atoms with van der Waals surface area (Å²) >= 11 is 0. The van der Waals surface area contributed by atoms with E-state index in [0.717, 1.165) is 27.8 Å². The van der Waals surface area contributed by atoms with Crippen LogP contribution >= 0.6 is 0 Å². The number of esters is 2. The van der Waals surface area contributed by atoms with Crippen LogP contribution in [0.1, 0.15) is 44.7 Å². The summed E-state index contributed by atoms with van der Waals surface area (Å²) in [7, 11) is 0. The van der Waals surface area contributed by atoms with Crippen LogP contribution in [-0.4, -0.2) is 30.9 Å². The van der Waals surface area contributed by atoms with Gasteiger partial charge in [-0.1, -0.05) is 78.4 Å². The van der Waals surface area contributed by atoms with Crippen LogP contribution in [0.25, 0.3) is 11.1 Å². The molecule has 5 rings (SSSR count). The molecule has 0 aliphatic heterocycles. The SMILES string of the molecule is CCOC(=O)C1(C(=O)OCC)CC2=C(C)C(=O)C3C(c4ccccc4)=CC(c4ccccc4)=CC23C1. The summed E-state index contributed by atoms with van der Waals surface area (Å²) in [6.45, 7) is 5.60. The van der Waals surface area contributed by atoms with E-state index >= 15 is 0 Å². The standard InChI is InChI=1S/C31H30O5/c1-4-35-28(33)31(29(34)36-5-2)18-25-20(3)27(32)26-24(22-14-10-7-11-15-22)16-23(17-30(25,26)19-31)21-12-8-6-9-13-21/h6-17,26H,4-5,18-19H2,1-3H3. The summed E-state index contributed by atoms with van der Waals surface area (Å²) in [5.74, 6) is -1.63. The Morgan fingerprint density at radius 2 is 1.44 bits per heavy atom. The number of hydrogen-bond donors (Lipinski definition) is 0. The highest BCUT2D eigenvalue weighted by molar-refractivity contribution is 6.13. The summed E-state index contributed by atoms with van der Waals surface area (Å²) in [6, 6.07) is 19.9. The van der Waals surface area contributed by atoms with Crippen LogP contribution in [0.2, 0.25) is 0 Å². The van der Waals surface area contributed by atoms with Crippen LogP contribution in [0.5, 0.6) is 0 Å². The number of benzene rings is 2. The van der Waals surface area contributed by atoms with Crippen LogP contribution < -0.4 is 0 Å². The third-order valence-electron chi connectivity index (χ3n) is 7.82. The molecule has 1 fully saturated rings. The van der Waals surface area contributed by atoms with Gasteiger partial charge in [-0.15, -0.1) is 0 Å². The highest BCUT2D eigenvalue weighted by atomic mass is 16.6. The van der Waals surface area contributed by atoms with Crippen molar-refractivity contribution in [2.75, 3.05) is 13.2 Å². The van der Waals surface area contributed by atoms with E-state index in [4.69, 9.17) is 9.47 Å². The van der Waals surface area contributed by atoms with Gasteiger partial charge in [0.2, 0.25) is 0 Å². The van der Waals surface area contributed by atoms with Gasteiger partial charge in [0, 0.05) is 5.41 Å². The Balaban J connectivity index is 1.75. The lowest BCUT2D eigenvalue weighted by Crippen LogP contribution is -2.43. The largest absolute Gasteiger partial charge is 0.465 e. The molecule has 184 valence electrons. The zero-order valence-electron chi connectivity index (χ0n) is 20.9. The van der Waals surface area contributed by atoms with E-state index in [9.17, 15) is 14.4 Å². The molecule has 1 spiro atoms. The van der Waals surface area contributed by atoms with Crippen molar-refractivity contribution < 1.29 is 23.9 Å². The molecule has 3 aliphatic rings. The molecule has 0 amide bonds. The van der Waals surface area contributed by atoms with Crippen molar-refractivity contribution in [2.45, 2.75) is 33.6 Å². The van der Waals surface area contributed by atoms with E-state index in [-0.39, 0.29) is 31.8 Å². The van der Waals surface area contributed by atoms with E-state index in [1.165, 1.54) is 0 Å². The minimum Gasteiger partial charge on any atom is -0.465 e. The van der Waals surface area contributed by atoms with Gasteiger partial charge in [-0.2, -0.15) is 0 Å². The fraction of sp³-hybridized carbons (Fsp3) is 0.323. The van der Waals surface area contributed by atoms with Gasteiger partial charge in [0.15, 0.2) is 11.2 Å². The molecule has 5 nitrogen and oxygen atoms in total. The molecular weight excluding hydrogens is 452 g/mol. The molecule has 0 saturated heterocycles. The summed E-state index contributed by atoms with van der Waals surface area (Å²) in [6.07, 6.45) is 4.47. The van der Waals surface area contributed by atoms with Crippen molar-refractivity contribution in [3.63, 3.8) is 0 Å². The van der Waals surface area contributed by atoms with Crippen molar-refractivity contribution in [3.8, 4) is 0 Å². The Morgan fingerprint density at radius 3 is 2.00 bits per heavy atom. The zero-order valence-corrected chi connectivity index (χ0v) is 20.9. The highest BCUT2D eigenvalue weighted by Gasteiger charge is 2.68. The molecule has 1 saturated carbocycles. The van der Waals surface area contributed by atoms with Crippen LogP contribution in [0.3, 0.4) is 0 Å². The van der Waals surface area contributed by atoms with Gasteiger partial charge in [0.05, 0.1) is 19.1 Å². The summed E-state index contributed by atoms with van der Waals surface area (Å²) in [5, 5.41) is 0.